The standard InChI is InChI=1S/C25H26N2O3/c1-3-16-25(20-10-6-4-7-11-20,21-12-8-5-9-13-21)24(28)27-22-14-15-23(26-19-22)30-18-17-29-2/h3-15,19H,1,16-18H2,2H3,(H,27,28). The predicted octanol–water partition coefficient (Wildman–Crippen LogP) is 4.61. The van der Waals surface area contributed by atoms with Crippen LogP contribution < -0.4 is 10.1 Å². The first-order valence-corrected chi connectivity index (χ1v) is 9.82. The fourth-order valence-electron chi connectivity index (χ4n) is 3.43. The number of ether oxygens (including phenoxy) is 2. The number of nitrogens with one attached hydrogen (secondary N) is 1. The number of pyridine rings is 1. The fraction of sp³-hybridized carbons (Fsp3) is 0.200. The third-order valence-electron chi connectivity index (χ3n) is 4.90. The van der Waals surface area contributed by atoms with E-state index in [1.807, 2.05) is 60.7 Å². The van der Waals surface area contributed by atoms with Crippen LogP contribution in [0, 0.1) is 0 Å². The summed E-state index contributed by atoms with van der Waals surface area (Å²) < 4.78 is 10.5. The molecule has 0 saturated heterocycles. The summed E-state index contributed by atoms with van der Waals surface area (Å²) in [5.74, 6) is 0.336. The molecule has 0 aliphatic heterocycles. The third-order valence-corrected chi connectivity index (χ3v) is 4.90. The number of aromatic nitrogens is 1. The second-order valence-corrected chi connectivity index (χ2v) is 6.81. The average molecular weight is 402 g/mol. The Labute approximate surface area is 177 Å². The van der Waals surface area contributed by atoms with Crippen LogP contribution in [0.4, 0.5) is 5.69 Å². The Hall–Kier alpha value is -3.44. The SMILES string of the molecule is C=CCC(C(=O)Nc1ccc(OCCOC)nc1)(c1ccccc1)c1ccccc1. The smallest absolute Gasteiger partial charge is 0.239 e. The van der Waals surface area contributed by atoms with Gasteiger partial charge in [-0.3, -0.25) is 4.79 Å². The molecule has 1 N–H and O–H groups in total. The summed E-state index contributed by atoms with van der Waals surface area (Å²) in [5, 5.41) is 3.03. The van der Waals surface area contributed by atoms with E-state index in [-0.39, 0.29) is 5.91 Å². The van der Waals surface area contributed by atoms with Crippen LogP contribution in [0.3, 0.4) is 0 Å². The molecule has 0 bridgehead atoms. The van der Waals surface area contributed by atoms with Gasteiger partial charge < -0.3 is 14.8 Å². The Morgan fingerprint density at radius 3 is 2.13 bits per heavy atom. The van der Waals surface area contributed by atoms with Crippen molar-refractivity contribution in [2.45, 2.75) is 11.8 Å². The van der Waals surface area contributed by atoms with Crippen molar-refractivity contribution in [3.8, 4) is 5.88 Å². The molecule has 1 aromatic heterocycles. The summed E-state index contributed by atoms with van der Waals surface area (Å²) in [4.78, 5) is 18.0. The van der Waals surface area contributed by atoms with Crippen molar-refractivity contribution < 1.29 is 14.3 Å². The molecule has 5 heteroatoms. The van der Waals surface area contributed by atoms with Crippen molar-refractivity contribution in [1.29, 1.82) is 0 Å². The van der Waals surface area contributed by atoms with Crippen LogP contribution in [0.5, 0.6) is 5.88 Å². The molecule has 0 aliphatic carbocycles. The number of hydrogen-bond acceptors (Lipinski definition) is 4. The highest BCUT2D eigenvalue weighted by Gasteiger charge is 2.40. The van der Waals surface area contributed by atoms with Gasteiger partial charge in [-0.2, -0.15) is 0 Å². The minimum Gasteiger partial charge on any atom is -0.475 e. The summed E-state index contributed by atoms with van der Waals surface area (Å²) in [6, 6.07) is 23.1. The molecule has 0 radical (unpaired) electrons. The topological polar surface area (TPSA) is 60.5 Å². The van der Waals surface area contributed by atoms with E-state index in [2.05, 4.69) is 16.9 Å². The van der Waals surface area contributed by atoms with Gasteiger partial charge in [0, 0.05) is 13.2 Å². The molecule has 154 valence electrons. The lowest BCUT2D eigenvalue weighted by molar-refractivity contribution is -0.120. The predicted molar refractivity (Wildman–Crippen MR) is 119 cm³/mol. The summed E-state index contributed by atoms with van der Waals surface area (Å²) in [5.41, 5.74) is 1.50. The van der Waals surface area contributed by atoms with Crippen LogP contribution in [0.1, 0.15) is 17.5 Å². The zero-order chi connectivity index (χ0) is 21.2. The molecule has 0 aliphatic rings. The van der Waals surface area contributed by atoms with Gasteiger partial charge in [-0.15, -0.1) is 6.58 Å². The number of nitrogens with zero attached hydrogens (tertiary/aromatic N) is 1. The number of methoxy groups -OCH3 is 1. The zero-order valence-electron chi connectivity index (χ0n) is 17.1. The molecule has 0 fully saturated rings. The Morgan fingerprint density at radius 1 is 1.00 bits per heavy atom. The summed E-state index contributed by atoms with van der Waals surface area (Å²) in [6.45, 7) is 4.81. The molecule has 0 unspecified atom stereocenters. The quantitative estimate of drug-likeness (QED) is 0.397. The maximum absolute atomic E-state index is 13.7. The van der Waals surface area contributed by atoms with E-state index in [4.69, 9.17) is 9.47 Å². The van der Waals surface area contributed by atoms with Gasteiger partial charge in [-0.05, 0) is 23.6 Å². The highest BCUT2D eigenvalue weighted by Crippen LogP contribution is 2.37. The van der Waals surface area contributed by atoms with Crippen molar-refractivity contribution in [2.75, 3.05) is 25.6 Å². The van der Waals surface area contributed by atoms with Crippen LogP contribution in [0.2, 0.25) is 0 Å². The van der Waals surface area contributed by atoms with E-state index in [1.54, 1.807) is 31.5 Å². The number of carbonyl (C=O) groups is 1. The molecular formula is C25H26N2O3. The first-order valence-electron chi connectivity index (χ1n) is 9.82. The number of amides is 1. The molecule has 5 nitrogen and oxygen atoms in total. The van der Waals surface area contributed by atoms with Gasteiger partial charge in [-0.1, -0.05) is 66.7 Å². The van der Waals surface area contributed by atoms with Gasteiger partial charge in [-0.25, -0.2) is 4.98 Å². The van der Waals surface area contributed by atoms with Crippen LogP contribution >= 0.6 is 0 Å². The van der Waals surface area contributed by atoms with Crippen molar-refractivity contribution in [1.82, 2.24) is 4.98 Å². The fourth-order valence-corrected chi connectivity index (χ4v) is 3.43. The van der Waals surface area contributed by atoms with E-state index in [0.717, 1.165) is 11.1 Å². The lowest BCUT2D eigenvalue weighted by Gasteiger charge is -2.33. The van der Waals surface area contributed by atoms with Crippen LogP contribution in [0.15, 0.2) is 91.6 Å². The van der Waals surface area contributed by atoms with E-state index < -0.39 is 5.41 Å². The van der Waals surface area contributed by atoms with Crippen molar-refractivity contribution in [3.05, 3.63) is 103 Å². The normalized spacial score (nSPS) is 11.0. The minimum absolute atomic E-state index is 0.144. The van der Waals surface area contributed by atoms with Crippen LogP contribution in [0.25, 0.3) is 0 Å². The van der Waals surface area contributed by atoms with Gasteiger partial charge in [0.25, 0.3) is 0 Å². The van der Waals surface area contributed by atoms with Crippen LogP contribution in [-0.4, -0.2) is 31.2 Å². The van der Waals surface area contributed by atoms with Crippen molar-refractivity contribution in [2.24, 2.45) is 0 Å². The second-order valence-electron chi connectivity index (χ2n) is 6.81. The highest BCUT2D eigenvalue weighted by atomic mass is 16.5. The molecule has 2 aromatic carbocycles. The van der Waals surface area contributed by atoms with Crippen molar-refractivity contribution in [3.63, 3.8) is 0 Å². The second kappa shape index (κ2) is 10.4. The van der Waals surface area contributed by atoms with Gasteiger partial charge in [0.1, 0.15) is 12.0 Å². The lowest BCUT2D eigenvalue weighted by atomic mass is 9.71. The maximum Gasteiger partial charge on any atom is 0.239 e. The van der Waals surface area contributed by atoms with E-state index in [1.165, 1.54) is 0 Å². The van der Waals surface area contributed by atoms with Gasteiger partial charge in [0.05, 0.1) is 18.5 Å². The zero-order valence-corrected chi connectivity index (χ0v) is 17.1. The number of allylic oxidation sites excluding steroid dienone is 1. The molecular weight excluding hydrogens is 376 g/mol. The first kappa shape index (κ1) is 21.3. The van der Waals surface area contributed by atoms with Crippen LogP contribution in [-0.2, 0) is 14.9 Å². The first-order chi connectivity index (χ1) is 14.7. The minimum atomic E-state index is -0.905. The third kappa shape index (κ3) is 4.75. The maximum atomic E-state index is 13.7. The Balaban J connectivity index is 1.92. The number of carbonyl (C=O) groups excluding carboxylic acids is 1. The van der Waals surface area contributed by atoms with Crippen molar-refractivity contribution >= 4 is 11.6 Å². The number of rotatable bonds is 10. The lowest BCUT2D eigenvalue weighted by Crippen LogP contribution is -2.41. The number of anilines is 1. The summed E-state index contributed by atoms with van der Waals surface area (Å²) in [6.07, 6.45) is 3.83. The van der Waals surface area contributed by atoms with Gasteiger partial charge in [0.2, 0.25) is 11.8 Å². The Morgan fingerprint density at radius 2 is 1.63 bits per heavy atom. The molecule has 1 heterocycles. The van der Waals surface area contributed by atoms with E-state index in [0.29, 0.717) is 31.2 Å². The molecule has 0 saturated carbocycles. The molecule has 3 rings (SSSR count). The number of benzene rings is 2. The largest absolute Gasteiger partial charge is 0.475 e. The molecule has 1 amide bonds. The monoisotopic (exact) mass is 402 g/mol. The van der Waals surface area contributed by atoms with E-state index in [9.17, 15) is 4.79 Å². The van der Waals surface area contributed by atoms with Gasteiger partial charge >= 0.3 is 0 Å². The summed E-state index contributed by atoms with van der Waals surface area (Å²) in [7, 11) is 1.62. The molecule has 0 atom stereocenters. The van der Waals surface area contributed by atoms with Gasteiger partial charge in [0.15, 0.2) is 0 Å². The Kier molecular flexibility index (Phi) is 7.35. The molecule has 30 heavy (non-hydrogen) atoms. The van der Waals surface area contributed by atoms with E-state index >= 15 is 0 Å². The average Bonchev–Trinajstić information content (AvgIpc) is 2.80. The number of hydrogen-bond donors (Lipinski definition) is 1. The molecule has 0 spiro atoms. The summed E-state index contributed by atoms with van der Waals surface area (Å²) >= 11 is 0. The highest BCUT2D eigenvalue weighted by molar-refractivity contribution is 6.02. The molecule has 3 aromatic rings. The Bertz CT molecular complexity index is 902.